The highest BCUT2D eigenvalue weighted by atomic mass is 35.5. The summed E-state index contributed by atoms with van der Waals surface area (Å²) in [6, 6.07) is 3.58. The van der Waals surface area contributed by atoms with E-state index in [9.17, 15) is 4.79 Å². The van der Waals surface area contributed by atoms with Gasteiger partial charge in [0.15, 0.2) is 11.5 Å². The number of hydrogen-bond acceptors (Lipinski definition) is 3. The van der Waals surface area contributed by atoms with Gasteiger partial charge in [0.1, 0.15) is 0 Å². The Morgan fingerprint density at radius 1 is 1.32 bits per heavy atom. The van der Waals surface area contributed by atoms with E-state index < -0.39 is 0 Å². The number of piperidine rings is 1. The van der Waals surface area contributed by atoms with E-state index in [1.807, 2.05) is 13.1 Å². The minimum atomic E-state index is 0.186. The summed E-state index contributed by atoms with van der Waals surface area (Å²) in [4.78, 5) is 14.1. The number of benzene rings is 1. The number of hydrogen-bond donors (Lipinski definition) is 0. The smallest absolute Gasteiger partial charge is 0.161 e. The second kappa shape index (κ2) is 7.49. The number of carbonyl (C=O) groups excluding carboxylic acids is 1. The highest BCUT2D eigenvalue weighted by Crippen LogP contribution is 2.35. The fourth-order valence-corrected chi connectivity index (χ4v) is 2.90. The molecule has 0 amide bonds. The zero-order valence-corrected chi connectivity index (χ0v) is 14.7. The number of Topliss-reactive ketones (excluding diaryl/α,β-unsaturated/α-hetero) is 1. The lowest BCUT2D eigenvalue weighted by atomic mass is 10.0. The number of nitrogens with zero attached hydrogens (tertiary/aromatic N) is 1. The Labute approximate surface area is 141 Å². The first-order valence-corrected chi connectivity index (χ1v) is 8.16. The molecule has 0 N–H and O–H groups in total. The van der Waals surface area contributed by atoms with Crippen LogP contribution >= 0.6 is 23.2 Å². The molecule has 1 aromatic carbocycles. The van der Waals surface area contributed by atoms with Gasteiger partial charge >= 0.3 is 0 Å². The van der Waals surface area contributed by atoms with Crippen LogP contribution in [0.4, 0.5) is 0 Å². The summed E-state index contributed by atoms with van der Waals surface area (Å²) >= 11 is 12.5. The number of likely N-dealkylation sites (N-methyl/N-ethyl adjacent to an activating group) is 1. The van der Waals surface area contributed by atoms with Crippen molar-refractivity contribution in [1.82, 2.24) is 4.90 Å². The molecule has 1 saturated heterocycles. The maximum atomic E-state index is 12.0. The zero-order chi connectivity index (χ0) is 16.3. The maximum Gasteiger partial charge on any atom is 0.161 e. The fraction of sp³-hybridized carbons (Fsp3) is 0.471. The molecule has 1 heterocycles. The van der Waals surface area contributed by atoms with E-state index in [4.69, 9.17) is 27.9 Å². The predicted octanol–water partition coefficient (Wildman–Crippen LogP) is 4.32. The van der Waals surface area contributed by atoms with Gasteiger partial charge in [-0.3, -0.25) is 4.79 Å². The molecule has 0 spiro atoms. The maximum absolute atomic E-state index is 12.0. The lowest BCUT2D eigenvalue weighted by Crippen LogP contribution is -2.32. The van der Waals surface area contributed by atoms with Gasteiger partial charge in [0.25, 0.3) is 0 Å². The molecular weight excluding hydrogens is 321 g/mol. The Hall–Kier alpha value is -1.03. The molecule has 0 aliphatic carbocycles. The molecule has 0 unspecified atom stereocenters. The number of rotatable bonds is 4. The van der Waals surface area contributed by atoms with Crippen molar-refractivity contribution in [1.29, 1.82) is 0 Å². The van der Waals surface area contributed by atoms with E-state index in [-0.39, 0.29) is 5.78 Å². The van der Waals surface area contributed by atoms with E-state index in [1.54, 1.807) is 12.1 Å². The molecule has 0 bridgehead atoms. The van der Waals surface area contributed by atoms with Crippen LogP contribution in [0.3, 0.4) is 0 Å². The highest BCUT2D eigenvalue weighted by Gasteiger charge is 2.19. The Morgan fingerprint density at radius 3 is 2.55 bits per heavy atom. The summed E-state index contributed by atoms with van der Waals surface area (Å²) in [7, 11) is 2.00. The van der Waals surface area contributed by atoms with E-state index in [1.165, 1.54) is 0 Å². The molecule has 1 aliphatic heterocycles. The van der Waals surface area contributed by atoms with Crippen LogP contribution in [0.25, 0.3) is 6.08 Å². The van der Waals surface area contributed by atoms with Gasteiger partial charge in [-0.2, -0.15) is 0 Å². The quantitative estimate of drug-likeness (QED) is 0.764. The third-order valence-corrected chi connectivity index (χ3v) is 4.00. The monoisotopic (exact) mass is 341 g/mol. The third kappa shape index (κ3) is 4.48. The van der Waals surface area contributed by atoms with Gasteiger partial charge in [0, 0.05) is 25.1 Å². The Morgan fingerprint density at radius 2 is 1.95 bits per heavy atom. The Bertz CT molecular complexity index is 573. The van der Waals surface area contributed by atoms with Gasteiger partial charge < -0.3 is 9.64 Å². The molecule has 1 aliphatic rings. The molecule has 0 atom stereocenters. The molecule has 5 heteroatoms. The average Bonchev–Trinajstić information content (AvgIpc) is 2.41. The van der Waals surface area contributed by atoms with Crippen molar-refractivity contribution >= 4 is 35.1 Å². The van der Waals surface area contributed by atoms with Gasteiger partial charge in [-0.15, -0.1) is 0 Å². The van der Waals surface area contributed by atoms with Gasteiger partial charge in [-0.1, -0.05) is 37.0 Å². The van der Waals surface area contributed by atoms with Crippen LogP contribution in [-0.2, 0) is 4.79 Å². The van der Waals surface area contributed by atoms with Gasteiger partial charge in [0.2, 0.25) is 0 Å². The summed E-state index contributed by atoms with van der Waals surface area (Å²) in [5.41, 5.74) is 1.61. The van der Waals surface area contributed by atoms with Gasteiger partial charge in [-0.05, 0) is 36.7 Å². The highest BCUT2D eigenvalue weighted by molar-refractivity contribution is 6.37. The normalized spacial score (nSPS) is 18.3. The molecule has 3 nitrogen and oxygen atoms in total. The van der Waals surface area contributed by atoms with E-state index in [0.717, 1.165) is 17.7 Å². The van der Waals surface area contributed by atoms with Crippen molar-refractivity contribution in [3.05, 3.63) is 33.3 Å². The number of carbonyl (C=O) groups is 1. The first-order valence-electron chi connectivity index (χ1n) is 7.41. The van der Waals surface area contributed by atoms with Crippen molar-refractivity contribution in [3.63, 3.8) is 0 Å². The minimum absolute atomic E-state index is 0.186. The number of halogens is 2. The molecular formula is C17H21Cl2NO2. The van der Waals surface area contributed by atoms with Gasteiger partial charge in [0.05, 0.1) is 16.7 Å². The minimum Gasteiger partial charge on any atom is -0.490 e. The van der Waals surface area contributed by atoms with Crippen LogP contribution in [-0.4, -0.2) is 37.4 Å². The van der Waals surface area contributed by atoms with E-state index >= 15 is 0 Å². The van der Waals surface area contributed by atoms with E-state index in [2.05, 4.69) is 18.7 Å². The lowest BCUT2D eigenvalue weighted by molar-refractivity contribution is -0.117. The van der Waals surface area contributed by atoms with Crippen molar-refractivity contribution in [2.75, 3.05) is 26.7 Å². The van der Waals surface area contributed by atoms with Gasteiger partial charge in [-0.25, -0.2) is 0 Å². The fourth-order valence-electron chi connectivity index (χ4n) is 2.29. The number of likely N-dealkylation sites (tertiary alicyclic amines) is 1. The first-order chi connectivity index (χ1) is 10.4. The van der Waals surface area contributed by atoms with Crippen LogP contribution in [0.2, 0.25) is 10.0 Å². The third-order valence-electron chi connectivity index (χ3n) is 3.44. The number of ether oxygens (including phenoxy) is 1. The second-order valence-electron chi connectivity index (χ2n) is 6.10. The van der Waals surface area contributed by atoms with Crippen LogP contribution in [0.5, 0.6) is 5.75 Å². The van der Waals surface area contributed by atoms with Crippen LogP contribution in [0.15, 0.2) is 17.7 Å². The summed E-state index contributed by atoms with van der Waals surface area (Å²) in [5, 5.41) is 0.938. The SMILES string of the molecule is CC(C)COc1c(Cl)cc(/C=C2\CN(C)CCC2=O)cc1Cl. The molecule has 0 saturated carbocycles. The van der Waals surface area contributed by atoms with Crippen LogP contribution in [0, 0.1) is 5.92 Å². The van der Waals surface area contributed by atoms with Crippen molar-refractivity contribution in [2.24, 2.45) is 5.92 Å². The molecule has 22 heavy (non-hydrogen) atoms. The molecule has 1 fully saturated rings. The van der Waals surface area contributed by atoms with Crippen molar-refractivity contribution in [3.8, 4) is 5.75 Å². The largest absolute Gasteiger partial charge is 0.490 e. The topological polar surface area (TPSA) is 29.5 Å². The predicted molar refractivity (Wildman–Crippen MR) is 91.9 cm³/mol. The standard InChI is InChI=1S/C17H21Cl2NO2/c1-11(2)10-22-17-14(18)7-12(8-15(17)19)6-13-9-20(3)5-4-16(13)21/h6-8,11H,4-5,9-10H2,1-3H3/b13-6+. The zero-order valence-electron chi connectivity index (χ0n) is 13.2. The molecule has 0 aromatic heterocycles. The van der Waals surface area contributed by atoms with Crippen molar-refractivity contribution < 1.29 is 9.53 Å². The summed E-state index contributed by atoms with van der Waals surface area (Å²) in [5.74, 6) is 1.08. The second-order valence-corrected chi connectivity index (χ2v) is 6.91. The Balaban J connectivity index is 2.24. The number of ketones is 1. The van der Waals surface area contributed by atoms with Crippen molar-refractivity contribution in [2.45, 2.75) is 20.3 Å². The van der Waals surface area contributed by atoms with E-state index in [0.29, 0.717) is 41.3 Å². The summed E-state index contributed by atoms with van der Waals surface area (Å²) in [6.45, 7) is 6.14. The Kier molecular flexibility index (Phi) is 5.90. The molecule has 1 aromatic rings. The van der Waals surface area contributed by atoms with Crippen LogP contribution in [0.1, 0.15) is 25.8 Å². The molecule has 120 valence electrons. The summed E-state index contributed by atoms with van der Waals surface area (Å²) in [6.07, 6.45) is 2.42. The average molecular weight is 342 g/mol. The van der Waals surface area contributed by atoms with Crippen LogP contribution < -0.4 is 4.74 Å². The molecule has 0 radical (unpaired) electrons. The lowest BCUT2D eigenvalue weighted by Gasteiger charge is -2.23. The molecule has 2 rings (SSSR count). The first kappa shape index (κ1) is 17.3. The summed E-state index contributed by atoms with van der Waals surface area (Å²) < 4.78 is 5.65.